The van der Waals surface area contributed by atoms with Crippen LogP contribution < -0.4 is 0 Å². The number of carbonyl (C=O) groups is 2. The van der Waals surface area contributed by atoms with Crippen LogP contribution in [0.2, 0.25) is 5.02 Å². The molecule has 1 atom stereocenters. The monoisotopic (exact) mass is 327 g/mol. The van der Waals surface area contributed by atoms with Crippen molar-refractivity contribution in [1.82, 2.24) is 4.90 Å². The van der Waals surface area contributed by atoms with Crippen molar-refractivity contribution in [2.24, 2.45) is 5.92 Å². The maximum Gasteiger partial charge on any atom is 0.310 e. The van der Waals surface area contributed by atoms with E-state index in [4.69, 9.17) is 16.3 Å². The number of esters is 1. The molecule has 0 saturated heterocycles. The van der Waals surface area contributed by atoms with Gasteiger partial charge in [0.15, 0.2) is 0 Å². The number of halogens is 2. The SMILES string of the molecule is CCOC(=O)C(C)CN(C(=O)c1c(F)cccc1Cl)C1CC1. The van der Waals surface area contributed by atoms with Gasteiger partial charge in [-0.2, -0.15) is 0 Å². The summed E-state index contributed by atoms with van der Waals surface area (Å²) in [6.45, 7) is 3.92. The topological polar surface area (TPSA) is 46.6 Å². The van der Waals surface area contributed by atoms with Crippen LogP contribution in [0.15, 0.2) is 18.2 Å². The van der Waals surface area contributed by atoms with E-state index in [0.29, 0.717) is 6.61 Å². The van der Waals surface area contributed by atoms with Gasteiger partial charge in [0.25, 0.3) is 5.91 Å². The largest absolute Gasteiger partial charge is 0.466 e. The van der Waals surface area contributed by atoms with Gasteiger partial charge in [0.1, 0.15) is 5.82 Å². The van der Waals surface area contributed by atoms with Gasteiger partial charge >= 0.3 is 5.97 Å². The van der Waals surface area contributed by atoms with E-state index >= 15 is 0 Å². The summed E-state index contributed by atoms with van der Waals surface area (Å²) in [5.41, 5.74) is -0.132. The zero-order valence-electron chi connectivity index (χ0n) is 12.6. The zero-order chi connectivity index (χ0) is 16.3. The van der Waals surface area contributed by atoms with E-state index < -0.39 is 17.6 Å². The van der Waals surface area contributed by atoms with E-state index in [-0.39, 0.29) is 29.1 Å². The van der Waals surface area contributed by atoms with Gasteiger partial charge in [0.2, 0.25) is 0 Å². The molecule has 1 aromatic carbocycles. The van der Waals surface area contributed by atoms with Crippen molar-refractivity contribution in [2.75, 3.05) is 13.2 Å². The number of hydrogen-bond donors (Lipinski definition) is 0. The normalized spacial score (nSPS) is 15.3. The van der Waals surface area contributed by atoms with Gasteiger partial charge in [-0.05, 0) is 31.9 Å². The average molecular weight is 328 g/mol. The van der Waals surface area contributed by atoms with Gasteiger partial charge < -0.3 is 9.64 Å². The van der Waals surface area contributed by atoms with Crippen LogP contribution in [-0.4, -0.2) is 36.0 Å². The van der Waals surface area contributed by atoms with Gasteiger partial charge in [-0.3, -0.25) is 9.59 Å². The molecular weight excluding hydrogens is 309 g/mol. The van der Waals surface area contributed by atoms with E-state index in [2.05, 4.69) is 0 Å². The summed E-state index contributed by atoms with van der Waals surface area (Å²) in [4.78, 5) is 25.9. The second-order valence-electron chi connectivity index (χ2n) is 5.44. The summed E-state index contributed by atoms with van der Waals surface area (Å²) in [6, 6.07) is 4.19. The van der Waals surface area contributed by atoms with Crippen LogP contribution in [0.3, 0.4) is 0 Å². The molecule has 1 unspecified atom stereocenters. The lowest BCUT2D eigenvalue weighted by Gasteiger charge is -2.25. The fourth-order valence-electron chi connectivity index (χ4n) is 2.28. The highest BCUT2D eigenvalue weighted by Gasteiger charge is 2.36. The third-order valence-corrected chi connectivity index (χ3v) is 3.90. The molecule has 1 amide bonds. The maximum absolute atomic E-state index is 13.9. The first-order chi connectivity index (χ1) is 10.5. The highest BCUT2D eigenvalue weighted by atomic mass is 35.5. The molecule has 22 heavy (non-hydrogen) atoms. The highest BCUT2D eigenvalue weighted by molar-refractivity contribution is 6.33. The first kappa shape index (κ1) is 16.7. The van der Waals surface area contributed by atoms with Crippen molar-refractivity contribution < 1.29 is 18.7 Å². The number of benzene rings is 1. The second kappa shape index (κ2) is 7.09. The summed E-state index contributed by atoms with van der Waals surface area (Å²) in [7, 11) is 0. The van der Waals surface area contributed by atoms with E-state index in [1.807, 2.05) is 0 Å². The number of carbonyl (C=O) groups excluding carboxylic acids is 2. The first-order valence-electron chi connectivity index (χ1n) is 7.37. The van der Waals surface area contributed by atoms with E-state index in [1.54, 1.807) is 13.8 Å². The zero-order valence-corrected chi connectivity index (χ0v) is 13.4. The number of amides is 1. The molecule has 2 rings (SSSR count). The first-order valence-corrected chi connectivity index (χ1v) is 7.75. The Balaban J connectivity index is 2.18. The summed E-state index contributed by atoms with van der Waals surface area (Å²) < 4.78 is 18.9. The highest BCUT2D eigenvalue weighted by Crippen LogP contribution is 2.31. The average Bonchev–Trinajstić information content (AvgIpc) is 3.28. The lowest BCUT2D eigenvalue weighted by Crippen LogP contribution is -2.39. The van der Waals surface area contributed by atoms with Crippen LogP contribution in [0.1, 0.15) is 37.0 Å². The van der Waals surface area contributed by atoms with Crippen LogP contribution in [0.4, 0.5) is 4.39 Å². The van der Waals surface area contributed by atoms with Gasteiger partial charge in [-0.1, -0.05) is 24.6 Å². The van der Waals surface area contributed by atoms with Crippen LogP contribution >= 0.6 is 11.6 Å². The van der Waals surface area contributed by atoms with Gasteiger partial charge in [0, 0.05) is 12.6 Å². The number of rotatable bonds is 6. The second-order valence-corrected chi connectivity index (χ2v) is 5.85. The van der Waals surface area contributed by atoms with Crippen LogP contribution in [0.5, 0.6) is 0 Å². The molecule has 0 spiro atoms. The molecular formula is C16H19ClFNO3. The van der Waals surface area contributed by atoms with E-state index in [9.17, 15) is 14.0 Å². The molecule has 1 aliphatic carbocycles. The molecule has 0 bridgehead atoms. The van der Waals surface area contributed by atoms with Crippen LogP contribution in [-0.2, 0) is 9.53 Å². The Labute approximate surface area is 134 Å². The Bertz CT molecular complexity index is 554. The van der Waals surface area contributed by atoms with Gasteiger partial charge in [0.05, 0.1) is 23.1 Å². The predicted molar refractivity (Wildman–Crippen MR) is 81.3 cm³/mol. The van der Waals surface area contributed by atoms with Crippen LogP contribution in [0.25, 0.3) is 0 Å². The third-order valence-electron chi connectivity index (χ3n) is 3.58. The van der Waals surface area contributed by atoms with Crippen molar-refractivity contribution in [2.45, 2.75) is 32.7 Å². The fourth-order valence-corrected chi connectivity index (χ4v) is 2.53. The minimum absolute atomic E-state index is 0.0417. The molecule has 0 aliphatic heterocycles. The smallest absolute Gasteiger partial charge is 0.310 e. The Hall–Kier alpha value is -1.62. The Morgan fingerprint density at radius 3 is 2.68 bits per heavy atom. The van der Waals surface area contributed by atoms with Crippen molar-refractivity contribution >= 4 is 23.5 Å². The van der Waals surface area contributed by atoms with Crippen molar-refractivity contribution in [1.29, 1.82) is 0 Å². The van der Waals surface area contributed by atoms with Crippen molar-refractivity contribution in [3.05, 3.63) is 34.6 Å². The molecule has 4 nitrogen and oxygen atoms in total. The Morgan fingerprint density at radius 2 is 2.14 bits per heavy atom. The third kappa shape index (κ3) is 3.77. The van der Waals surface area contributed by atoms with E-state index in [1.165, 1.54) is 23.1 Å². The lowest BCUT2D eigenvalue weighted by molar-refractivity contribution is -0.147. The Morgan fingerprint density at radius 1 is 1.45 bits per heavy atom. The van der Waals surface area contributed by atoms with Gasteiger partial charge in [-0.25, -0.2) is 4.39 Å². The van der Waals surface area contributed by atoms with E-state index in [0.717, 1.165) is 12.8 Å². The molecule has 0 aromatic heterocycles. The van der Waals surface area contributed by atoms with Crippen molar-refractivity contribution in [3.8, 4) is 0 Å². The minimum atomic E-state index is -0.646. The maximum atomic E-state index is 13.9. The molecule has 120 valence electrons. The molecule has 0 radical (unpaired) electrons. The standard InChI is InChI=1S/C16H19ClFNO3/c1-3-22-16(21)10(2)9-19(11-7-8-11)15(20)14-12(17)5-4-6-13(14)18/h4-6,10-11H,3,7-9H2,1-2H3. The number of ether oxygens (including phenoxy) is 1. The molecule has 1 saturated carbocycles. The predicted octanol–water partition coefficient (Wildman–Crippen LogP) is 3.28. The quantitative estimate of drug-likeness (QED) is 0.753. The summed E-state index contributed by atoms with van der Waals surface area (Å²) in [5.74, 6) is -1.94. The van der Waals surface area contributed by atoms with Crippen molar-refractivity contribution in [3.63, 3.8) is 0 Å². The summed E-state index contributed by atoms with van der Waals surface area (Å²) in [5, 5.41) is 0.0828. The fraction of sp³-hybridized carbons (Fsp3) is 0.500. The molecule has 0 N–H and O–H groups in total. The summed E-state index contributed by atoms with van der Waals surface area (Å²) in [6.07, 6.45) is 1.71. The lowest BCUT2D eigenvalue weighted by atomic mass is 10.1. The molecule has 1 aromatic rings. The number of nitrogens with zero attached hydrogens (tertiary/aromatic N) is 1. The molecule has 1 fully saturated rings. The Kier molecular flexibility index (Phi) is 5.40. The molecule has 1 aliphatic rings. The number of hydrogen-bond acceptors (Lipinski definition) is 3. The van der Waals surface area contributed by atoms with Crippen LogP contribution in [0, 0.1) is 11.7 Å². The minimum Gasteiger partial charge on any atom is -0.466 e. The molecule has 0 heterocycles. The van der Waals surface area contributed by atoms with Gasteiger partial charge in [-0.15, -0.1) is 0 Å². The summed E-state index contributed by atoms with van der Waals surface area (Å²) >= 11 is 5.96. The molecule has 6 heteroatoms.